The number of rotatable bonds is 7. The van der Waals surface area contributed by atoms with E-state index < -0.39 is 0 Å². The van der Waals surface area contributed by atoms with Gasteiger partial charge in [0.15, 0.2) is 0 Å². The number of nitrogens with one attached hydrogen (secondary N) is 1. The predicted octanol–water partition coefficient (Wildman–Crippen LogP) is 1.33. The molecule has 0 aromatic carbocycles. The number of aromatic nitrogens is 3. The summed E-state index contributed by atoms with van der Waals surface area (Å²) >= 11 is 0. The second kappa shape index (κ2) is 6.29. The van der Waals surface area contributed by atoms with Gasteiger partial charge in [0.1, 0.15) is 12.2 Å². The number of hydrogen-bond acceptors (Lipinski definition) is 4. The van der Waals surface area contributed by atoms with Crippen LogP contribution < -0.4 is 5.32 Å². The highest BCUT2D eigenvalue weighted by Crippen LogP contribution is 2.36. The molecule has 1 aromatic rings. The first kappa shape index (κ1) is 13.5. The first-order valence-corrected chi connectivity index (χ1v) is 6.98. The lowest BCUT2D eigenvalue weighted by atomic mass is 9.87. The standard InChI is InChI=1S/C13H24N4O/c1-2-7-17-12(15-11-16-17)8-14-9-13(10-18)5-3-4-6-13/h11,14,18H,2-10H2,1H3. The van der Waals surface area contributed by atoms with Gasteiger partial charge in [-0.1, -0.05) is 19.8 Å². The Kier molecular flexibility index (Phi) is 4.72. The van der Waals surface area contributed by atoms with Crippen molar-refractivity contribution in [2.75, 3.05) is 13.2 Å². The zero-order valence-corrected chi connectivity index (χ0v) is 11.2. The summed E-state index contributed by atoms with van der Waals surface area (Å²) in [7, 11) is 0. The minimum Gasteiger partial charge on any atom is -0.396 e. The van der Waals surface area contributed by atoms with E-state index in [1.54, 1.807) is 6.33 Å². The van der Waals surface area contributed by atoms with Gasteiger partial charge in [-0.3, -0.25) is 0 Å². The molecule has 1 saturated carbocycles. The molecule has 1 aromatic heterocycles. The molecule has 1 fully saturated rings. The molecule has 0 atom stereocenters. The van der Waals surface area contributed by atoms with Crippen LogP contribution in [0.3, 0.4) is 0 Å². The summed E-state index contributed by atoms with van der Waals surface area (Å²) in [5, 5.41) is 17.2. The summed E-state index contributed by atoms with van der Waals surface area (Å²) in [6.07, 6.45) is 7.44. The summed E-state index contributed by atoms with van der Waals surface area (Å²) in [5.74, 6) is 0.989. The van der Waals surface area contributed by atoms with Gasteiger partial charge in [-0.05, 0) is 19.3 Å². The van der Waals surface area contributed by atoms with Crippen LogP contribution in [0.4, 0.5) is 0 Å². The molecule has 0 bridgehead atoms. The van der Waals surface area contributed by atoms with Gasteiger partial charge in [-0.25, -0.2) is 9.67 Å². The molecular formula is C13H24N4O. The molecule has 0 aliphatic heterocycles. The summed E-state index contributed by atoms with van der Waals surface area (Å²) in [6.45, 7) is 4.96. The van der Waals surface area contributed by atoms with E-state index in [0.29, 0.717) is 6.61 Å². The van der Waals surface area contributed by atoms with Crippen molar-refractivity contribution in [2.24, 2.45) is 5.41 Å². The quantitative estimate of drug-likeness (QED) is 0.768. The van der Waals surface area contributed by atoms with Crippen molar-refractivity contribution in [3.8, 4) is 0 Å². The van der Waals surface area contributed by atoms with Gasteiger partial charge in [-0.2, -0.15) is 5.10 Å². The van der Waals surface area contributed by atoms with Crippen LogP contribution in [-0.2, 0) is 13.1 Å². The topological polar surface area (TPSA) is 63.0 Å². The summed E-state index contributed by atoms with van der Waals surface area (Å²) < 4.78 is 1.95. The molecule has 102 valence electrons. The van der Waals surface area contributed by atoms with Crippen molar-refractivity contribution in [3.63, 3.8) is 0 Å². The molecule has 5 heteroatoms. The maximum Gasteiger partial charge on any atom is 0.140 e. The largest absolute Gasteiger partial charge is 0.396 e. The predicted molar refractivity (Wildman–Crippen MR) is 70.0 cm³/mol. The summed E-state index contributed by atoms with van der Waals surface area (Å²) in [5.41, 5.74) is 0.107. The summed E-state index contributed by atoms with van der Waals surface area (Å²) in [4.78, 5) is 4.27. The Labute approximate surface area is 109 Å². The Hall–Kier alpha value is -0.940. The van der Waals surface area contributed by atoms with Gasteiger partial charge < -0.3 is 10.4 Å². The van der Waals surface area contributed by atoms with E-state index in [2.05, 4.69) is 22.3 Å². The van der Waals surface area contributed by atoms with Crippen LogP contribution in [0.2, 0.25) is 0 Å². The fourth-order valence-electron chi connectivity index (χ4n) is 2.78. The van der Waals surface area contributed by atoms with Crippen molar-refractivity contribution in [1.82, 2.24) is 20.1 Å². The number of nitrogens with zero attached hydrogens (tertiary/aromatic N) is 3. The van der Waals surface area contributed by atoms with Crippen LogP contribution >= 0.6 is 0 Å². The fraction of sp³-hybridized carbons (Fsp3) is 0.846. The molecular weight excluding hydrogens is 228 g/mol. The van der Waals surface area contributed by atoms with Crippen LogP contribution in [0.1, 0.15) is 44.9 Å². The zero-order chi connectivity index (χ0) is 12.8. The van der Waals surface area contributed by atoms with Crippen LogP contribution in [0.15, 0.2) is 6.33 Å². The van der Waals surface area contributed by atoms with Gasteiger partial charge in [0, 0.05) is 25.1 Å². The lowest BCUT2D eigenvalue weighted by Crippen LogP contribution is -2.35. The second-order valence-electron chi connectivity index (χ2n) is 5.37. The second-order valence-corrected chi connectivity index (χ2v) is 5.37. The van der Waals surface area contributed by atoms with Crippen molar-refractivity contribution in [1.29, 1.82) is 0 Å². The van der Waals surface area contributed by atoms with Gasteiger partial charge in [0.25, 0.3) is 0 Å². The monoisotopic (exact) mass is 252 g/mol. The number of hydrogen-bond donors (Lipinski definition) is 2. The minimum absolute atomic E-state index is 0.107. The summed E-state index contributed by atoms with van der Waals surface area (Å²) in [6, 6.07) is 0. The number of aryl methyl sites for hydroxylation is 1. The Bertz CT molecular complexity index is 358. The molecule has 18 heavy (non-hydrogen) atoms. The molecule has 1 aliphatic carbocycles. The van der Waals surface area contributed by atoms with E-state index in [4.69, 9.17) is 0 Å². The maximum absolute atomic E-state index is 9.54. The van der Waals surface area contributed by atoms with Crippen molar-refractivity contribution < 1.29 is 5.11 Å². The molecule has 2 N–H and O–H groups in total. The van der Waals surface area contributed by atoms with Crippen LogP contribution in [0, 0.1) is 5.41 Å². The molecule has 5 nitrogen and oxygen atoms in total. The Morgan fingerprint density at radius 3 is 2.89 bits per heavy atom. The third-order valence-electron chi connectivity index (χ3n) is 3.91. The molecule has 2 rings (SSSR count). The smallest absolute Gasteiger partial charge is 0.140 e. The SMILES string of the molecule is CCCn1ncnc1CNCC1(CO)CCCC1. The van der Waals surface area contributed by atoms with Crippen LogP contribution in [-0.4, -0.2) is 33.0 Å². The van der Waals surface area contributed by atoms with Gasteiger partial charge >= 0.3 is 0 Å². The number of aliphatic hydroxyl groups is 1. The highest BCUT2D eigenvalue weighted by molar-refractivity contribution is 4.89. The molecule has 0 saturated heterocycles. The van der Waals surface area contributed by atoms with Crippen molar-refractivity contribution in [3.05, 3.63) is 12.2 Å². The highest BCUT2D eigenvalue weighted by Gasteiger charge is 2.32. The van der Waals surface area contributed by atoms with E-state index in [9.17, 15) is 5.11 Å². The highest BCUT2D eigenvalue weighted by atomic mass is 16.3. The molecule has 1 heterocycles. The van der Waals surface area contributed by atoms with Crippen molar-refractivity contribution in [2.45, 2.75) is 52.1 Å². The average Bonchev–Trinajstić information content (AvgIpc) is 3.01. The molecule has 0 amide bonds. The van der Waals surface area contributed by atoms with E-state index in [0.717, 1.165) is 44.7 Å². The van der Waals surface area contributed by atoms with Gasteiger partial charge in [0.05, 0.1) is 6.54 Å². The van der Waals surface area contributed by atoms with Gasteiger partial charge in [0.2, 0.25) is 0 Å². The first-order valence-electron chi connectivity index (χ1n) is 6.98. The minimum atomic E-state index is 0.107. The molecule has 0 spiro atoms. The Morgan fingerprint density at radius 1 is 1.44 bits per heavy atom. The maximum atomic E-state index is 9.54. The third kappa shape index (κ3) is 3.09. The average molecular weight is 252 g/mol. The zero-order valence-electron chi connectivity index (χ0n) is 11.2. The Balaban J connectivity index is 1.82. The normalized spacial score (nSPS) is 18.3. The van der Waals surface area contributed by atoms with E-state index in [-0.39, 0.29) is 5.41 Å². The van der Waals surface area contributed by atoms with E-state index in [1.807, 2.05) is 4.68 Å². The molecule has 1 aliphatic rings. The third-order valence-corrected chi connectivity index (χ3v) is 3.91. The lowest BCUT2D eigenvalue weighted by Gasteiger charge is -2.26. The Morgan fingerprint density at radius 2 is 2.22 bits per heavy atom. The van der Waals surface area contributed by atoms with Crippen LogP contribution in [0.25, 0.3) is 0 Å². The molecule has 0 unspecified atom stereocenters. The molecule has 0 radical (unpaired) electrons. The van der Waals surface area contributed by atoms with E-state index in [1.165, 1.54) is 12.8 Å². The van der Waals surface area contributed by atoms with Crippen molar-refractivity contribution >= 4 is 0 Å². The van der Waals surface area contributed by atoms with Crippen LogP contribution in [0.5, 0.6) is 0 Å². The van der Waals surface area contributed by atoms with E-state index >= 15 is 0 Å². The van der Waals surface area contributed by atoms with Gasteiger partial charge in [-0.15, -0.1) is 0 Å². The number of aliphatic hydroxyl groups excluding tert-OH is 1. The first-order chi connectivity index (χ1) is 8.79. The lowest BCUT2D eigenvalue weighted by molar-refractivity contribution is 0.127. The fourth-order valence-corrected chi connectivity index (χ4v) is 2.78.